The quantitative estimate of drug-likeness (QED) is 0.834. The van der Waals surface area contributed by atoms with Crippen LogP contribution in [0, 0.1) is 5.92 Å². The van der Waals surface area contributed by atoms with E-state index in [4.69, 9.17) is 0 Å². The zero-order valence-electron chi connectivity index (χ0n) is 10.3. The van der Waals surface area contributed by atoms with Crippen molar-refractivity contribution in [3.63, 3.8) is 0 Å². The van der Waals surface area contributed by atoms with E-state index in [0.29, 0.717) is 13.0 Å². The van der Waals surface area contributed by atoms with Gasteiger partial charge in [0.15, 0.2) is 0 Å². The third kappa shape index (κ3) is 1.63. The summed E-state index contributed by atoms with van der Waals surface area (Å²) in [4.78, 5) is 13.3. The number of hydrogen-bond donors (Lipinski definition) is 1. The molecule has 0 radical (unpaired) electrons. The molecule has 1 aliphatic rings. The van der Waals surface area contributed by atoms with Gasteiger partial charge in [0.05, 0.1) is 5.92 Å². The first-order chi connectivity index (χ1) is 8.66. The number of hydrogen-bond acceptors (Lipinski definition) is 2. The van der Waals surface area contributed by atoms with Gasteiger partial charge in [-0.1, -0.05) is 30.3 Å². The van der Waals surface area contributed by atoms with Crippen molar-refractivity contribution < 1.29 is 9.90 Å². The third-order valence-corrected chi connectivity index (χ3v) is 3.72. The fourth-order valence-corrected chi connectivity index (χ4v) is 2.80. The molecule has 0 spiro atoms. The standard InChI is InChI=1S/C15H15NO2/c1-16-9-11(15(17)18)8-13-12-5-3-2-4-10(12)6-7-14(13)16/h2-7,11H,8-9H2,1H3,(H,17,18)/t11-/m1/s1. The summed E-state index contributed by atoms with van der Waals surface area (Å²) in [6.07, 6.45) is 0.621. The second-order valence-corrected chi connectivity index (χ2v) is 4.90. The Morgan fingerprint density at radius 3 is 2.83 bits per heavy atom. The van der Waals surface area contributed by atoms with Crippen molar-refractivity contribution in [1.29, 1.82) is 0 Å². The van der Waals surface area contributed by atoms with Crippen molar-refractivity contribution in [3.8, 4) is 0 Å². The van der Waals surface area contributed by atoms with Crippen molar-refractivity contribution in [1.82, 2.24) is 0 Å². The summed E-state index contributed by atoms with van der Waals surface area (Å²) in [5.74, 6) is -1.02. The van der Waals surface area contributed by atoms with Crippen LogP contribution in [0.5, 0.6) is 0 Å². The largest absolute Gasteiger partial charge is 0.481 e. The summed E-state index contributed by atoms with van der Waals surface area (Å²) in [7, 11) is 1.96. The minimum absolute atomic E-state index is 0.312. The molecule has 0 saturated carbocycles. The molecular weight excluding hydrogens is 226 g/mol. The first-order valence-electron chi connectivity index (χ1n) is 6.11. The molecule has 0 unspecified atom stereocenters. The van der Waals surface area contributed by atoms with Crippen molar-refractivity contribution in [2.45, 2.75) is 6.42 Å². The molecule has 1 atom stereocenters. The van der Waals surface area contributed by atoms with Gasteiger partial charge in [0.25, 0.3) is 0 Å². The summed E-state index contributed by atoms with van der Waals surface area (Å²) in [6, 6.07) is 12.4. The van der Waals surface area contributed by atoms with E-state index in [9.17, 15) is 9.90 Å². The number of carbonyl (C=O) groups is 1. The first kappa shape index (κ1) is 11.1. The van der Waals surface area contributed by atoms with Crippen LogP contribution in [0.2, 0.25) is 0 Å². The number of nitrogens with zero attached hydrogens (tertiary/aromatic N) is 1. The minimum Gasteiger partial charge on any atom is -0.481 e. The SMILES string of the molecule is CN1C[C@H](C(=O)O)Cc2c1ccc1ccccc21. The monoisotopic (exact) mass is 241 g/mol. The fourth-order valence-electron chi connectivity index (χ4n) is 2.80. The highest BCUT2D eigenvalue weighted by Crippen LogP contribution is 2.34. The molecule has 3 heteroatoms. The van der Waals surface area contributed by atoms with Gasteiger partial charge < -0.3 is 10.0 Å². The molecule has 2 aromatic carbocycles. The number of carboxylic acid groups (broad SMARTS) is 1. The maximum absolute atomic E-state index is 11.2. The van der Waals surface area contributed by atoms with Crippen LogP contribution in [0.15, 0.2) is 36.4 Å². The average molecular weight is 241 g/mol. The maximum atomic E-state index is 11.2. The van der Waals surface area contributed by atoms with E-state index >= 15 is 0 Å². The van der Waals surface area contributed by atoms with Gasteiger partial charge in [-0.15, -0.1) is 0 Å². The summed E-state index contributed by atoms with van der Waals surface area (Å²) in [5.41, 5.74) is 2.32. The summed E-state index contributed by atoms with van der Waals surface area (Å²) in [6.45, 7) is 0.584. The molecule has 18 heavy (non-hydrogen) atoms. The van der Waals surface area contributed by atoms with Crippen molar-refractivity contribution in [2.24, 2.45) is 5.92 Å². The van der Waals surface area contributed by atoms with Crippen molar-refractivity contribution >= 4 is 22.4 Å². The van der Waals surface area contributed by atoms with Crippen molar-refractivity contribution in [2.75, 3.05) is 18.5 Å². The first-order valence-corrected chi connectivity index (χ1v) is 6.11. The molecule has 3 nitrogen and oxygen atoms in total. The number of rotatable bonds is 1. The topological polar surface area (TPSA) is 40.5 Å². The maximum Gasteiger partial charge on any atom is 0.308 e. The lowest BCUT2D eigenvalue weighted by Gasteiger charge is -2.32. The lowest BCUT2D eigenvalue weighted by molar-refractivity contribution is -0.141. The van der Waals surface area contributed by atoms with Gasteiger partial charge in [0.1, 0.15) is 0 Å². The molecule has 0 amide bonds. The van der Waals surface area contributed by atoms with Gasteiger partial charge in [0.2, 0.25) is 0 Å². The number of benzene rings is 2. The second-order valence-electron chi connectivity index (χ2n) is 4.90. The predicted octanol–water partition coefficient (Wildman–Crippen LogP) is 2.53. The molecule has 0 fully saturated rings. The van der Waals surface area contributed by atoms with Crippen molar-refractivity contribution in [3.05, 3.63) is 42.0 Å². The van der Waals surface area contributed by atoms with Crippen LogP contribution in [0.3, 0.4) is 0 Å². The lowest BCUT2D eigenvalue weighted by Crippen LogP contribution is -2.36. The van der Waals surface area contributed by atoms with Crippen LogP contribution < -0.4 is 4.90 Å². The third-order valence-electron chi connectivity index (χ3n) is 3.72. The zero-order chi connectivity index (χ0) is 12.7. The Hall–Kier alpha value is -2.03. The normalized spacial score (nSPS) is 18.7. The Labute approximate surface area is 106 Å². The molecular formula is C15H15NO2. The lowest BCUT2D eigenvalue weighted by atomic mass is 9.89. The number of fused-ring (bicyclic) bond motifs is 3. The van der Waals surface area contributed by atoms with Gasteiger partial charge in [0, 0.05) is 19.3 Å². The zero-order valence-corrected chi connectivity index (χ0v) is 10.3. The van der Waals surface area contributed by atoms with E-state index in [1.165, 1.54) is 10.8 Å². The average Bonchev–Trinajstić information content (AvgIpc) is 2.38. The van der Waals surface area contributed by atoms with Crippen LogP contribution in [-0.2, 0) is 11.2 Å². The molecule has 2 aromatic rings. The molecule has 1 aliphatic heterocycles. The molecule has 0 bridgehead atoms. The Bertz CT molecular complexity index is 621. The Kier molecular flexibility index (Phi) is 2.47. The van der Waals surface area contributed by atoms with Crippen LogP contribution >= 0.6 is 0 Å². The summed E-state index contributed by atoms with van der Waals surface area (Å²) >= 11 is 0. The molecule has 92 valence electrons. The van der Waals surface area contributed by atoms with E-state index in [2.05, 4.69) is 24.3 Å². The molecule has 3 rings (SSSR count). The Morgan fingerprint density at radius 1 is 1.28 bits per heavy atom. The highest BCUT2D eigenvalue weighted by atomic mass is 16.4. The minimum atomic E-state index is -0.708. The molecule has 0 aromatic heterocycles. The smallest absolute Gasteiger partial charge is 0.308 e. The fraction of sp³-hybridized carbons (Fsp3) is 0.267. The van der Waals surface area contributed by atoms with Crippen LogP contribution in [-0.4, -0.2) is 24.7 Å². The number of anilines is 1. The number of aliphatic carboxylic acids is 1. The Morgan fingerprint density at radius 2 is 2.06 bits per heavy atom. The van der Waals surface area contributed by atoms with Gasteiger partial charge >= 0.3 is 5.97 Å². The van der Waals surface area contributed by atoms with Gasteiger partial charge in [-0.2, -0.15) is 0 Å². The van der Waals surface area contributed by atoms with Gasteiger partial charge in [-0.25, -0.2) is 0 Å². The molecule has 1 N–H and O–H groups in total. The van der Waals surface area contributed by atoms with E-state index in [1.807, 2.05) is 24.1 Å². The van der Waals surface area contributed by atoms with E-state index < -0.39 is 5.97 Å². The predicted molar refractivity (Wildman–Crippen MR) is 72.0 cm³/mol. The highest BCUT2D eigenvalue weighted by molar-refractivity contribution is 5.91. The Balaban J connectivity index is 2.20. The van der Waals surface area contributed by atoms with Gasteiger partial charge in [-0.05, 0) is 28.8 Å². The highest BCUT2D eigenvalue weighted by Gasteiger charge is 2.28. The summed E-state index contributed by atoms with van der Waals surface area (Å²) < 4.78 is 0. The van der Waals surface area contributed by atoms with E-state index in [0.717, 1.165) is 11.3 Å². The van der Waals surface area contributed by atoms with E-state index in [1.54, 1.807) is 0 Å². The van der Waals surface area contributed by atoms with Crippen LogP contribution in [0.1, 0.15) is 5.56 Å². The number of carboxylic acids is 1. The van der Waals surface area contributed by atoms with E-state index in [-0.39, 0.29) is 5.92 Å². The van der Waals surface area contributed by atoms with Crippen LogP contribution in [0.4, 0.5) is 5.69 Å². The van der Waals surface area contributed by atoms with Crippen LogP contribution in [0.25, 0.3) is 10.8 Å². The molecule has 0 aliphatic carbocycles. The molecule has 0 saturated heterocycles. The second kappa shape index (κ2) is 4.02. The summed E-state index contributed by atoms with van der Waals surface area (Å²) in [5, 5.41) is 11.6. The molecule has 1 heterocycles. The van der Waals surface area contributed by atoms with Gasteiger partial charge in [-0.3, -0.25) is 4.79 Å².